The molecule has 258 valence electrons. The van der Waals surface area contributed by atoms with Crippen LogP contribution in [0.4, 0.5) is 10.9 Å². The van der Waals surface area contributed by atoms with Gasteiger partial charge in [0.15, 0.2) is 23.7 Å². The van der Waals surface area contributed by atoms with Gasteiger partial charge >= 0.3 is 5.97 Å². The molecule has 3 heterocycles. The summed E-state index contributed by atoms with van der Waals surface area (Å²) < 4.78 is 44.5. The molecule has 1 fully saturated rings. The lowest BCUT2D eigenvalue weighted by atomic mass is 9.84. The summed E-state index contributed by atoms with van der Waals surface area (Å²) in [4.78, 5) is 46.8. The number of aromatic nitrogens is 3. The van der Waals surface area contributed by atoms with Crippen LogP contribution in [0.2, 0.25) is 0 Å². The Bertz CT molecular complexity index is 1800. The lowest BCUT2D eigenvalue weighted by molar-refractivity contribution is -0.719. The molecule has 1 aliphatic heterocycles. The lowest BCUT2D eigenvalue weighted by Crippen LogP contribution is -2.76. The molecule has 2 aromatic heterocycles. The Morgan fingerprint density at radius 1 is 1.25 bits per heavy atom. The number of carboxylic acids is 1. The van der Waals surface area contributed by atoms with Gasteiger partial charge in [-0.2, -0.15) is 9.35 Å². The molecule has 1 aromatic carbocycles. The van der Waals surface area contributed by atoms with E-state index in [0.717, 1.165) is 29.0 Å². The average molecular weight is 708 g/mol. The number of anilines is 2. The summed E-state index contributed by atoms with van der Waals surface area (Å²) in [6, 6.07) is 9.17. The molecule has 0 spiro atoms. The second kappa shape index (κ2) is 14.9. The maximum absolute atomic E-state index is 13.2. The van der Waals surface area contributed by atoms with Gasteiger partial charge in [0, 0.05) is 28.7 Å². The number of carboxylic acid groups (broad SMARTS) is 1. The van der Waals surface area contributed by atoms with E-state index >= 15 is 0 Å². The summed E-state index contributed by atoms with van der Waals surface area (Å²) in [5.74, 6) is -2.53. The molecule has 0 saturated carbocycles. The van der Waals surface area contributed by atoms with E-state index in [1.807, 2.05) is 12.1 Å². The molecule has 48 heavy (non-hydrogen) atoms. The normalized spacial score (nSPS) is 16.5. The van der Waals surface area contributed by atoms with E-state index in [-0.39, 0.29) is 10.8 Å². The number of oxime groups is 1. The number of aryl methyl sites for hydroxylation is 1. The highest BCUT2D eigenvalue weighted by atomic mass is 32.3. The summed E-state index contributed by atoms with van der Waals surface area (Å²) >= 11 is 0.949. The molecule has 21 heteroatoms. The van der Waals surface area contributed by atoms with Crippen LogP contribution in [0.5, 0.6) is 5.75 Å². The Morgan fingerprint density at radius 3 is 2.52 bits per heavy atom. The zero-order valence-electron chi connectivity index (χ0n) is 25.9. The Balaban J connectivity index is 1.43. The molecule has 4 rings (SSSR count). The second-order valence-electron chi connectivity index (χ2n) is 10.8. The van der Waals surface area contributed by atoms with Gasteiger partial charge in [0.25, 0.3) is 17.9 Å². The predicted molar refractivity (Wildman–Crippen MR) is 168 cm³/mol. The number of ether oxygens (including phenoxy) is 1. The topological polar surface area (TPSA) is 278 Å². The maximum Gasteiger partial charge on any atom is 0.351 e. The molecule has 2 amide bonds. The number of nitrogens with two attached hydrogens (primary N) is 2. The highest BCUT2D eigenvalue weighted by molar-refractivity contribution is 7.80. The fraction of sp³-hybridized carbons (Fsp3) is 0.370. The third-order valence-corrected chi connectivity index (χ3v) is 7.89. The van der Waals surface area contributed by atoms with Crippen LogP contribution in [-0.2, 0) is 41.0 Å². The van der Waals surface area contributed by atoms with Crippen molar-refractivity contribution in [3.63, 3.8) is 0 Å². The number of nitrogens with zero attached hydrogens (tertiary/aromatic N) is 5. The molecular formula is C27H33N9O10S2. The number of hydrogen-bond acceptors (Lipinski definition) is 16. The van der Waals surface area contributed by atoms with Crippen LogP contribution in [0.25, 0.3) is 11.3 Å². The number of hydrogen-bond donors (Lipinski definition) is 5. The van der Waals surface area contributed by atoms with Crippen molar-refractivity contribution in [2.45, 2.75) is 38.0 Å². The van der Waals surface area contributed by atoms with Crippen LogP contribution in [0, 0.1) is 0 Å². The lowest BCUT2D eigenvalue weighted by Gasteiger charge is -2.51. The molecule has 3 aromatic rings. The first kappa shape index (κ1) is 35.9. The highest BCUT2D eigenvalue weighted by Gasteiger charge is 2.57. The van der Waals surface area contributed by atoms with Gasteiger partial charge in [0.1, 0.15) is 24.1 Å². The number of thiazole rings is 1. The number of amides is 2. The summed E-state index contributed by atoms with van der Waals surface area (Å²) in [5.41, 5.74) is 10.7. The minimum atomic E-state index is -5.27. The average Bonchev–Trinajstić information content (AvgIpc) is 3.45. The van der Waals surface area contributed by atoms with Gasteiger partial charge in [0.05, 0.1) is 5.54 Å². The van der Waals surface area contributed by atoms with Crippen LogP contribution in [-0.4, -0.2) is 94.1 Å². The highest BCUT2D eigenvalue weighted by Crippen LogP contribution is 2.33. The Labute approximate surface area is 278 Å². The van der Waals surface area contributed by atoms with Gasteiger partial charge < -0.3 is 41.3 Å². The first-order valence-corrected chi connectivity index (χ1v) is 16.3. The first-order valence-electron chi connectivity index (χ1n) is 14.1. The fourth-order valence-corrected chi connectivity index (χ4v) is 5.38. The van der Waals surface area contributed by atoms with Gasteiger partial charge in [-0.3, -0.25) is 9.59 Å². The van der Waals surface area contributed by atoms with Crippen LogP contribution in [0.15, 0.2) is 46.9 Å². The van der Waals surface area contributed by atoms with E-state index in [4.69, 9.17) is 21.0 Å². The number of carbonyl (C=O) groups is 3. The second-order valence-corrected chi connectivity index (χ2v) is 12.6. The molecule has 0 unspecified atom stereocenters. The van der Waals surface area contributed by atoms with E-state index in [9.17, 15) is 32.5 Å². The molecule has 7 N–H and O–H groups in total. The van der Waals surface area contributed by atoms with Gasteiger partial charge in [0.2, 0.25) is 16.1 Å². The van der Waals surface area contributed by atoms with Gasteiger partial charge in [-0.15, -0.1) is 11.3 Å². The SMILES string of the molecule is C[n+]1nc(NCCCN)ccc1-c1ccc(OC[C@H](O/N=C(\C(=O)N[C@@H]2C(=O)N(OS(=O)(=O)[O-])C2(C)C)c2csc(N)n2)C(=O)O)cc1. The molecule has 0 bridgehead atoms. The fourth-order valence-electron chi connectivity index (χ4n) is 4.38. The smallest absolute Gasteiger partial charge is 0.351 e. The third-order valence-electron chi connectivity index (χ3n) is 6.89. The third kappa shape index (κ3) is 8.68. The number of nitrogens with one attached hydrogen (secondary N) is 2. The van der Waals surface area contributed by atoms with Crippen LogP contribution in [0.3, 0.4) is 0 Å². The molecule has 19 nitrogen and oxygen atoms in total. The minimum Gasteiger partial charge on any atom is -0.724 e. The largest absolute Gasteiger partial charge is 0.724 e. The maximum atomic E-state index is 13.2. The van der Waals surface area contributed by atoms with E-state index in [0.29, 0.717) is 29.7 Å². The van der Waals surface area contributed by atoms with Crippen molar-refractivity contribution < 1.29 is 51.0 Å². The van der Waals surface area contributed by atoms with E-state index < -0.39 is 58.2 Å². The Morgan fingerprint density at radius 2 is 1.96 bits per heavy atom. The molecule has 1 aliphatic rings. The molecule has 0 aliphatic carbocycles. The van der Waals surface area contributed by atoms with Crippen molar-refractivity contribution in [2.24, 2.45) is 17.9 Å². The number of rotatable bonds is 16. The number of aliphatic carboxylic acids is 1. The van der Waals surface area contributed by atoms with Crippen LogP contribution >= 0.6 is 11.3 Å². The Hall–Kier alpha value is -4.96. The number of carbonyl (C=O) groups excluding carboxylic acids is 2. The number of hydroxylamine groups is 2. The zero-order chi connectivity index (χ0) is 35.2. The number of nitrogen functional groups attached to an aromatic ring is 1. The number of benzene rings is 1. The number of β-lactam (4-membered cyclic amide) rings is 1. The summed E-state index contributed by atoms with van der Waals surface area (Å²) in [5, 5.41) is 25.2. The van der Waals surface area contributed by atoms with Crippen molar-refractivity contribution >= 4 is 56.2 Å². The zero-order valence-corrected chi connectivity index (χ0v) is 27.5. The molecule has 2 atom stereocenters. The first-order chi connectivity index (χ1) is 22.6. The molecule has 1 saturated heterocycles. The molecular weight excluding hydrogens is 674 g/mol. The van der Waals surface area contributed by atoms with Crippen LogP contribution in [0.1, 0.15) is 26.0 Å². The van der Waals surface area contributed by atoms with Gasteiger partial charge in [-0.05, 0) is 57.1 Å². The monoisotopic (exact) mass is 707 g/mol. The van der Waals surface area contributed by atoms with Crippen molar-refractivity contribution in [2.75, 3.05) is 30.7 Å². The predicted octanol–water partition coefficient (Wildman–Crippen LogP) is -0.877. The van der Waals surface area contributed by atoms with E-state index in [1.165, 1.54) is 19.2 Å². The van der Waals surface area contributed by atoms with Crippen molar-refractivity contribution in [3.8, 4) is 17.0 Å². The quantitative estimate of drug-likeness (QED) is 0.0230. The van der Waals surface area contributed by atoms with Crippen molar-refractivity contribution in [1.82, 2.24) is 20.5 Å². The van der Waals surface area contributed by atoms with Gasteiger partial charge in [-0.1, -0.05) is 9.84 Å². The standard InChI is InChI=1S/C27H33N9O10S2/c1-27(2)22(24(38)36(27)46-48(41,42)43)32-23(37)21(17-14-47-26(29)31-17)34-45-19(25(39)40)13-44-16-7-5-15(6-8-16)18-9-10-20(33-35(18)3)30-12-4-11-28/h5-10,14,19,22H,4,11-13,28H2,1-3H3,(H5-,29,30,31,32,33,37,39,40,41,42,43)/b34-21-/t19-,22+/m0/s1. The molecule has 0 radical (unpaired) electrons. The van der Waals surface area contributed by atoms with Crippen LogP contribution < -0.4 is 31.5 Å². The summed E-state index contributed by atoms with van der Waals surface area (Å²) in [7, 11) is -3.47. The van der Waals surface area contributed by atoms with Gasteiger partial charge in [-0.25, -0.2) is 18.2 Å². The van der Waals surface area contributed by atoms with E-state index in [1.54, 1.807) is 36.0 Å². The minimum absolute atomic E-state index is 0.0480. The van der Waals surface area contributed by atoms with Crippen molar-refractivity contribution in [1.29, 1.82) is 0 Å². The summed E-state index contributed by atoms with van der Waals surface area (Å²) in [6.45, 7) is 3.41. The van der Waals surface area contributed by atoms with E-state index in [2.05, 4.69) is 30.2 Å². The summed E-state index contributed by atoms with van der Waals surface area (Å²) in [6.07, 6.45) is -0.886. The Kier molecular flexibility index (Phi) is 11.1. The van der Waals surface area contributed by atoms with Crippen molar-refractivity contribution in [3.05, 3.63) is 47.5 Å².